The van der Waals surface area contributed by atoms with Crippen LogP contribution >= 0.6 is 0 Å². The molecule has 1 N–H and O–H groups in total. The van der Waals surface area contributed by atoms with Gasteiger partial charge in [0.1, 0.15) is 0 Å². The summed E-state index contributed by atoms with van der Waals surface area (Å²) in [7, 11) is 0. The van der Waals surface area contributed by atoms with Crippen molar-refractivity contribution in [3.8, 4) is 12.3 Å². The van der Waals surface area contributed by atoms with E-state index in [2.05, 4.69) is 26.4 Å². The van der Waals surface area contributed by atoms with Crippen LogP contribution in [0.1, 0.15) is 25.2 Å². The van der Waals surface area contributed by atoms with Gasteiger partial charge >= 0.3 is 0 Å². The van der Waals surface area contributed by atoms with Gasteiger partial charge in [-0.15, -0.1) is 11.5 Å². The molecule has 4 heteroatoms. The third-order valence-corrected chi connectivity index (χ3v) is 1.86. The second-order valence-electron chi connectivity index (χ2n) is 2.79. The molecule has 0 atom stereocenters. The van der Waals surface area contributed by atoms with Crippen LogP contribution in [0.3, 0.4) is 0 Å². The van der Waals surface area contributed by atoms with Gasteiger partial charge < -0.3 is 5.32 Å². The van der Waals surface area contributed by atoms with Gasteiger partial charge in [-0.3, -0.25) is 0 Å². The molecule has 14 heavy (non-hydrogen) atoms. The summed E-state index contributed by atoms with van der Waals surface area (Å²) >= 11 is 0. The average molecular weight is 190 g/mol. The largest absolute Gasteiger partial charge is 0.342 e. The Morgan fingerprint density at radius 2 is 1.93 bits per heavy atom. The van der Waals surface area contributed by atoms with Crippen LogP contribution in [0.25, 0.3) is 0 Å². The maximum absolute atomic E-state index is 5.11. The zero-order valence-electron chi connectivity index (χ0n) is 8.54. The molecule has 1 heterocycles. The van der Waals surface area contributed by atoms with E-state index in [4.69, 9.17) is 6.42 Å². The summed E-state index contributed by atoms with van der Waals surface area (Å²) in [6.07, 6.45) is 6.84. The predicted octanol–water partition coefficient (Wildman–Crippen LogP) is 1.04. The lowest BCUT2D eigenvalue weighted by atomic mass is 10.2. The molecule has 0 spiro atoms. The first-order valence-electron chi connectivity index (χ1n) is 4.71. The van der Waals surface area contributed by atoms with Crippen LogP contribution in [0.15, 0.2) is 0 Å². The van der Waals surface area contributed by atoms with E-state index in [1.165, 1.54) is 0 Å². The van der Waals surface area contributed by atoms with Gasteiger partial charge in [0.25, 0.3) is 0 Å². The SMILES string of the molecule is C#CCNc1nnc(CC)c(CC)n1. The van der Waals surface area contributed by atoms with E-state index in [1.807, 2.05) is 13.8 Å². The van der Waals surface area contributed by atoms with Crippen LogP contribution in [0.4, 0.5) is 5.95 Å². The minimum Gasteiger partial charge on any atom is -0.342 e. The Balaban J connectivity index is 2.85. The molecule has 0 aliphatic carbocycles. The Labute approximate surface area is 84.2 Å². The summed E-state index contributed by atoms with van der Waals surface area (Å²) in [5.41, 5.74) is 1.95. The number of aryl methyl sites for hydroxylation is 2. The standard InChI is InChI=1S/C10H14N4/c1-4-7-11-10-12-8(5-2)9(6-3)13-14-10/h1H,5-7H2,2-3H3,(H,11,12,14). The van der Waals surface area contributed by atoms with Crippen LogP contribution in [-0.2, 0) is 12.8 Å². The molecule has 1 aromatic rings. The van der Waals surface area contributed by atoms with Gasteiger partial charge in [-0.25, -0.2) is 4.98 Å². The lowest BCUT2D eigenvalue weighted by molar-refractivity contribution is 0.825. The third kappa shape index (κ3) is 2.43. The lowest BCUT2D eigenvalue weighted by Gasteiger charge is -2.05. The first-order chi connectivity index (χ1) is 6.81. The number of hydrogen-bond acceptors (Lipinski definition) is 4. The summed E-state index contributed by atoms with van der Waals surface area (Å²) in [4.78, 5) is 4.32. The van der Waals surface area contributed by atoms with Crippen molar-refractivity contribution >= 4 is 5.95 Å². The molecular weight excluding hydrogens is 176 g/mol. The second kappa shape index (κ2) is 5.18. The summed E-state index contributed by atoms with van der Waals surface area (Å²) in [6.45, 7) is 4.52. The molecule has 1 aromatic heterocycles. The highest BCUT2D eigenvalue weighted by molar-refractivity contribution is 5.27. The Kier molecular flexibility index (Phi) is 3.86. The van der Waals surface area contributed by atoms with E-state index in [-0.39, 0.29) is 0 Å². The molecule has 0 saturated heterocycles. The zero-order valence-corrected chi connectivity index (χ0v) is 8.54. The fourth-order valence-electron chi connectivity index (χ4n) is 1.14. The molecule has 0 radical (unpaired) electrons. The normalized spacial score (nSPS) is 9.50. The highest BCUT2D eigenvalue weighted by atomic mass is 15.2. The number of anilines is 1. The maximum atomic E-state index is 5.11. The van der Waals surface area contributed by atoms with E-state index in [1.54, 1.807) is 0 Å². The molecule has 0 aromatic carbocycles. The van der Waals surface area contributed by atoms with Crippen molar-refractivity contribution in [1.29, 1.82) is 0 Å². The fourth-order valence-corrected chi connectivity index (χ4v) is 1.14. The van der Waals surface area contributed by atoms with Gasteiger partial charge in [-0.05, 0) is 12.8 Å². The maximum Gasteiger partial charge on any atom is 0.243 e. The van der Waals surface area contributed by atoms with E-state index in [9.17, 15) is 0 Å². The van der Waals surface area contributed by atoms with E-state index in [0.717, 1.165) is 24.2 Å². The minimum absolute atomic E-state index is 0.427. The Morgan fingerprint density at radius 3 is 2.50 bits per heavy atom. The number of nitrogens with one attached hydrogen (secondary N) is 1. The first-order valence-corrected chi connectivity index (χ1v) is 4.71. The molecule has 1 rings (SSSR count). The van der Waals surface area contributed by atoms with E-state index in [0.29, 0.717) is 12.5 Å². The van der Waals surface area contributed by atoms with Crippen molar-refractivity contribution in [1.82, 2.24) is 15.2 Å². The highest BCUT2D eigenvalue weighted by Gasteiger charge is 2.04. The number of nitrogens with zero attached hydrogens (tertiary/aromatic N) is 3. The van der Waals surface area contributed by atoms with Crippen molar-refractivity contribution in [2.24, 2.45) is 0 Å². The monoisotopic (exact) mass is 190 g/mol. The van der Waals surface area contributed by atoms with Gasteiger partial charge in [-0.2, -0.15) is 5.10 Å². The van der Waals surface area contributed by atoms with Crippen LogP contribution in [0, 0.1) is 12.3 Å². The van der Waals surface area contributed by atoms with Gasteiger partial charge in [0.15, 0.2) is 0 Å². The second-order valence-corrected chi connectivity index (χ2v) is 2.79. The van der Waals surface area contributed by atoms with E-state index >= 15 is 0 Å². The third-order valence-electron chi connectivity index (χ3n) is 1.86. The molecule has 0 amide bonds. The van der Waals surface area contributed by atoms with Crippen LogP contribution in [0.5, 0.6) is 0 Å². The number of rotatable bonds is 4. The van der Waals surface area contributed by atoms with Crippen molar-refractivity contribution in [3.63, 3.8) is 0 Å². The quantitative estimate of drug-likeness (QED) is 0.721. The van der Waals surface area contributed by atoms with Crippen LogP contribution < -0.4 is 5.32 Å². The number of hydrogen-bond donors (Lipinski definition) is 1. The van der Waals surface area contributed by atoms with Gasteiger partial charge in [-0.1, -0.05) is 19.8 Å². The highest BCUT2D eigenvalue weighted by Crippen LogP contribution is 2.06. The Morgan fingerprint density at radius 1 is 1.21 bits per heavy atom. The predicted molar refractivity (Wildman–Crippen MR) is 55.9 cm³/mol. The molecule has 0 unspecified atom stereocenters. The fraction of sp³-hybridized carbons (Fsp3) is 0.500. The topological polar surface area (TPSA) is 50.7 Å². The molecule has 0 fully saturated rings. The summed E-state index contributed by atoms with van der Waals surface area (Å²) in [5.74, 6) is 2.97. The van der Waals surface area contributed by atoms with Crippen LogP contribution in [0.2, 0.25) is 0 Å². The molecule has 0 aliphatic rings. The van der Waals surface area contributed by atoms with Gasteiger partial charge in [0.2, 0.25) is 5.95 Å². The summed E-state index contributed by atoms with van der Waals surface area (Å²) < 4.78 is 0. The first kappa shape index (κ1) is 10.5. The minimum atomic E-state index is 0.427. The molecule has 4 nitrogen and oxygen atoms in total. The van der Waals surface area contributed by atoms with Crippen molar-refractivity contribution in [2.45, 2.75) is 26.7 Å². The molecule has 0 aliphatic heterocycles. The summed E-state index contributed by atoms with van der Waals surface area (Å²) in [6, 6.07) is 0. The Hall–Kier alpha value is -1.63. The van der Waals surface area contributed by atoms with Gasteiger partial charge in [0, 0.05) is 0 Å². The summed E-state index contributed by atoms with van der Waals surface area (Å²) in [5, 5.41) is 10.9. The van der Waals surface area contributed by atoms with Crippen molar-refractivity contribution in [2.75, 3.05) is 11.9 Å². The van der Waals surface area contributed by atoms with Crippen molar-refractivity contribution < 1.29 is 0 Å². The smallest absolute Gasteiger partial charge is 0.243 e. The number of aromatic nitrogens is 3. The van der Waals surface area contributed by atoms with E-state index < -0.39 is 0 Å². The molecule has 0 bridgehead atoms. The van der Waals surface area contributed by atoms with Crippen LogP contribution in [-0.4, -0.2) is 21.7 Å². The average Bonchev–Trinajstić information content (AvgIpc) is 2.25. The molecule has 74 valence electrons. The molecular formula is C10H14N4. The molecule has 0 saturated carbocycles. The zero-order chi connectivity index (χ0) is 10.4. The lowest BCUT2D eigenvalue weighted by Crippen LogP contribution is -2.09. The van der Waals surface area contributed by atoms with Gasteiger partial charge in [0.05, 0.1) is 17.9 Å². The Bertz CT molecular complexity index is 340. The van der Waals surface area contributed by atoms with Crippen molar-refractivity contribution in [3.05, 3.63) is 11.4 Å². The number of terminal acetylenes is 1.